The van der Waals surface area contributed by atoms with Crippen molar-refractivity contribution in [2.45, 2.75) is 33.4 Å². The average Bonchev–Trinajstić information content (AvgIpc) is 3.07. The monoisotopic (exact) mass is 349 g/mol. The molecule has 5 nitrogen and oxygen atoms in total. The van der Waals surface area contributed by atoms with Gasteiger partial charge in [0.05, 0.1) is 6.20 Å². The van der Waals surface area contributed by atoms with E-state index < -0.39 is 0 Å². The Morgan fingerprint density at radius 3 is 2.81 bits per heavy atom. The molecule has 0 aliphatic rings. The summed E-state index contributed by atoms with van der Waals surface area (Å²) in [6.45, 7) is 5.36. The van der Waals surface area contributed by atoms with Crippen molar-refractivity contribution in [2.75, 3.05) is 5.32 Å². The zero-order valence-corrected chi connectivity index (χ0v) is 15.1. The largest absolute Gasteiger partial charge is 0.489 e. The van der Waals surface area contributed by atoms with Crippen LogP contribution in [-0.2, 0) is 13.2 Å². The number of rotatable bonds is 7. The van der Waals surface area contributed by atoms with E-state index in [0.717, 1.165) is 18.5 Å². The number of nitrogens with zero attached hydrogens (tertiary/aromatic N) is 2. The van der Waals surface area contributed by atoms with Gasteiger partial charge in [-0.15, -0.1) is 0 Å². The van der Waals surface area contributed by atoms with Gasteiger partial charge in [-0.05, 0) is 37.1 Å². The molecule has 0 bridgehead atoms. The first-order valence-corrected chi connectivity index (χ1v) is 8.77. The Morgan fingerprint density at radius 1 is 1.15 bits per heavy atom. The Hall–Kier alpha value is -3.08. The summed E-state index contributed by atoms with van der Waals surface area (Å²) < 4.78 is 7.63. The maximum atomic E-state index is 12.5. The second kappa shape index (κ2) is 8.34. The molecule has 0 aliphatic heterocycles. The van der Waals surface area contributed by atoms with Crippen molar-refractivity contribution in [3.05, 3.63) is 77.5 Å². The summed E-state index contributed by atoms with van der Waals surface area (Å²) in [4.78, 5) is 12.5. The highest BCUT2D eigenvalue weighted by molar-refractivity contribution is 6.04. The molecule has 0 saturated carbocycles. The Balaban J connectivity index is 1.66. The Kier molecular flexibility index (Phi) is 5.69. The fourth-order valence-electron chi connectivity index (χ4n) is 2.71. The minimum absolute atomic E-state index is 0.177. The summed E-state index contributed by atoms with van der Waals surface area (Å²) in [6, 6.07) is 17.2. The van der Waals surface area contributed by atoms with Gasteiger partial charge in [0, 0.05) is 18.2 Å². The van der Waals surface area contributed by atoms with Crippen molar-refractivity contribution in [3.8, 4) is 5.75 Å². The van der Waals surface area contributed by atoms with E-state index in [1.807, 2.05) is 24.3 Å². The number of carbonyl (C=O) groups excluding carboxylic acids is 1. The van der Waals surface area contributed by atoms with Crippen LogP contribution >= 0.6 is 0 Å². The normalized spacial score (nSPS) is 10.5. The molecule has 3 rings (SSSR count). The molecule has 0 spiro atoms. The number of aromatic nitrogens is 2. The molecule has 5 heteroatoms. The lowest BCUT2D eigenvalue weighted by Gasteiger charge is -2.10. The molecule has 0 atom stereocenters. The number of carbonyl (C=O) groups is 1. The summed E-state index contributed by atoms with van der Waals surface area (Å²) in [5.74, 6) is 1.19. The van der Waals surface area contributed by atoms with Gasteiger partial charge in [-0.1, -0.05) is 42.8 Å². The molecular weight excluding hydrogens is 326 g/mol. The van der Waals surface area contributed by atoms with Crippen LogP contribution in [0, 0.1) is 6.92 Å². The molecule has 2 aromatic carbocycles. The van der Waals surface area contributed by atoms with Crippen LogP contribution in [0.3, 0.4) is 0 Å². The highest BCUT2D eigenvalue weighted by atomic mass is 16.5. The van der Waals surface area contributed by atoms with Crippen LogP contribution in [0.15, 0.2) is 60.8 Å². The number of amides is 1. The fourth-order valence-corrected chi connectivity index (χ4v) is 2.71. The van der Waals surface area contributed by atoms with E-state index >= 15 is 0 Å². The zero-order valence-electron chi connectivity index (χ0n) is 15.1. The summed E-state index contributed by atoms with van der Waals surface area (Å²) in [5, 5.41) is 7.12. The molecule has 0 saturated heterocycles. The third-order valence-electron chi connectivity index (χ3n) is 3.98. The summed E-state index contributed by atoms with van der Waals surface area (Å²) in [6.07, 6.45) is 2.64. The van der Waals surface area contributed by atoms with E-state index in [9.17, 15) is 4.79 Å². The number of ether oxygens (including phenoxy) is 1. The molecule has 1 heterocycles. The fraction of sp³-hybridized carbons (Fsp3) is 0.238. The van der Waals surface area contributed by atoms with Gasteiger partial charge >= 0.3 is 0 Å². The number of nitrogens with one attached hydrogen (secondary N) is 1. The second-order valence-corrected chi connectivity index (χ2v) is 6.20. The van der Waals surface area contributed by atoms with E-state index in [1.54, 1.807) is 29.1 Å². The van der Waals surface area contributed by atoms with E-state index in [-0.39, 0.29) is 5.91 Å². The van der Waals surface area contributed by atoms with Gasteiger partial charge in [-0.3, -0.25) is 4.79 Å². The lowest BCUT2D eigenvalue weighted by molar-refractivity contribution is 0.102. The van der Waals surface area contributed by atoms with Crippen molar-refractivity contribution in [1.29, 1.82) is 0 Å². The molecule has 1 aromatic heterocycles. The molecule has 3 aromatic rings. The maximum absolute atomic E-state index is 12.5. The lowest BCUT2D eigenvalue weighted by atomic mass is 10.1. The number of benzene rings is 2. The maximum Gasteiger partial charge on any atom is 0.256 e. The van der Waals surface area contributed by atoms with Crippen LogP contribution in [0.2, 0.25) is 0 Å². The third kappa shape index (κ3) is 4.51. The molecule has 134 valence electrons. The highest BCUT2D eigenvalue weighted by Crippen LogP contribution is 2.17. The topological polar surface area (TPSA) is 56.2 Å². The van der Waals surface area contributed by atoms with Crippen molar-refractivity contribution < 1.29 is 9.53 Å². The standard InChI is InChI=1S/C21H23N3O2/c1-3-12-24-20(10-11-22-24)23-21(25)18-8-5-9-19(14-18)26-15-17-7-4-6-16(2)13-17/h4-11,13-14H,3,12,15H2,1-2H3,(H,23,25). The first-order chi connectivity index (χ1) is 12.7. The van der Waals surface area contributed by atoms with E-state index in [0.29, 0.717) is 23.7 Å². The quantitative estimate of drug-likeness (QED) is 0.686. The second-order valence-electron chi connectivity index (χ2n) is 6.20. The molecule has 1 N–H and O–H groups in total. The molecule has 0 radical (unpaired) electrons. The lowest BCUT2D eigenvalue weighted by Crippen LogP contribution is -2.15. The number of hydrogen-bond donors (Lipinski definition) is 1. The average molecular weight is 349 g/mol. The predicted molar refractivity (Wildman–Crippen MR) is 102 cm³/mol. The van der Waals surface area contributed by atoms with Gasteiger partial charge in [0.1, 0.15) is 18.2 Å². The van der Waals surface area contributed by atoms with E-state index in [1.165, 1.54) is 5.56 Å². The molecular formula is C21H23N3O2. The Bertz CT molecular complexity index is 886. The van der Waals surface area contributed by atoms with Crippen LogP contribution in [0.1, 0.15) is 34.8 Å². The third-order valence-corrected chi connectivity index (χ3v) is 3.98. The highest BCUT2D eigenvalue weighted by Gasteiger charge is 2.10. The number of aryl methyl sites for hydroxylation is 2. The SMILES string of the molecule is CCCn1nccc1NC(=O)c1cccc(OCc2cccc(C)c2)c1. The van der Waals surface area contributed by atoms with Crippen molar-refractivity contribution in [1.82, 2.24) is 9.78 Å². The van der Waals surface area contributed by atoms with E-state index in [4.69, 9.17) is 4.74 Å². The van der Waals surface area contributed by atoms with Crippen LogP contribution < -0.4 is 10.1 Å². The van der Waals surface area contributed by atoms with Gasteiger partial charge in [-0.25, -0.2) is 4.68 Å². The van der Waals surface area contributed by atoms with E-state index in [2.05, 4.69) is 36.4 Å². The predicted octanol–water partition coefficient (Wildman–Crippen LogP) is 4.43. The molecule has 26 heavy (non-hydrogen) atoms. The minimum atomic E-state index is -0.177. The van der Waals surface area contributed by atoms with Gasteiger partial charge in [0.15, 0.2) is 0 Å². The van der Waals surface area contributed by atoms with Gasteiger partial charge in [-0.2, -0.15) is 5.10 Å². The molecule has 1 amide bonds. The van der Waals surface area contributed by atoms with Gasteiger partial charge < -0.3 is 10.1 Å². The number of anilines is 1. The number of hydrogen-bond acceptors (Lipinski definition) is 3. The smallest absolute Gasteiger partial charge is 0.256 e. The molecule has 0 unspecified atom stereocenters. The molecule has 0 aliphatic carbocycles. The Labute approximate surface area is 153 Å². The van der Waals surface area contributed by atoms with Crippen molar-refractivity contribution >= 4 is 11.7 Å². The van der Waals surface area contributed by atoms with Crippen LogP contribution in [0.5, 0.6) is 5.75 Å². The minimum Gasteiger partial charge on any atom is -0.489 e. The van der Waals surface area contributed by atoms with Crippen LogP contribution in [-0.4, -0.2) is 15.7 Å². The first kappa shape index (κ1) is 17.7. The molecule has 0 fully saturated rings. The van der Waals surface area contributed by atoms with Crippen LogP contribution in [0.25, 0.3) is 0 Å². The van der Waals surface area contributed by atoms with Gasteiger partial charge in [0.25, 0.3) is 5.91 Å². The zero-order chi connectivity index (χ0) is 18.4. The summed E-state index contributed by atoms with van der Waals surface area (Å²) in [5.41, 5.74) is 2.85. The Morgan fingerprint density at radius 2 is 2.00 bits per heavy atom. The summed E-state index contributed by atoms with van der Waals surface area (Å²) in [7, 11) is 0. The first-order valence-electron chi connectivity index (χ1n) is 8.77. The van der Waals surface area contributed by atoms with Crippen molar-refractivity contribution in [3.63, 3.8) is 0 Å². The van der Waals surface area contributed by atoms with Gasteiger partial charge in [0.2, 0.25) is 0 Å². The van der Waals surface area contributed by atoms with Crippen LogP contribution in [0.4, 0.5) is 5.82 Å². The summed E-state index contributed by atoms with van der Waals surface area (Å²) >= 11 is 0. The van der Waals surface area contributed by atoms with Crippen molar-refractivity contribution in [2.24, 2.45) is 0 Å².